The summed E-state index contributed by atoms with van der Waals surface area (Å²) in [5, 5.41) is 0. The molecule has 2 aliphatic rings. The molecule has 4 nitrogen and oxygen atoms in total. The normalized spacial score (nSPS) is 18.9. The second-order valence-electron chi connectivity index (χ2n) is 6.60. The van der Waals surface area contributed by atoms with Crippen molar-refractivity contribution in [3.05, 3.63) is 59.2 Å². The molecule has 124 valence electrons. The minimum Gasteiger partial charge on any atom is -0.454 e. The predicted octanol–water partition coefficient (Wildman–Crippen LogP) is 3.28. The number of rotatable bonds is 3. The lowest BCUT2D eigenvalue weighted by atomic mass is 9.98. The number of benzene rings is 2. The first-order chi connectivity index (χ1) is 11.7. The van der Waals surface area contributed by atoms with E-state index in [9.17, 15) is 4.79 Å². The van der Waals surface area contributed by atoms with Crippen LogP contribution in [0.1, 0.15) is 29.0 Å². The molecule has 4 rings (SSSR count). The Balaban J connectivity index is 1.41. The van der Waals surface area contributed by atoms with E-state index in [4.69, 9.17) is 9.47 Å². The van der Waals surface area contributed by atoms with Crippen LogP contribution in [0, 0.1) is 6.92 Å². The first-order valence-corrected chi connectivity index (χ1v) is 8.42. The molecule has 0 radical (unpaired) electrons. The van der Waals surface area contributed by atoms with Gasteiger partial charge < -0.3 is 14.4 Å². The highest BCUT2D eigenvalue weighted by molar-refractivity contribution is 5.79. The van der Waals surface area contributed by atoms with Crippen molar-refractivity contribution in [1.82, 2.24) is 4.90 Å². The van der Waals surface area contributed by atoms with Crippen LogP contribution in [0.3, 0.4) is 0 Å². The van der Waals surface area contributed by atoms with Gasteiger partial charge in [-0.25, -0.2) is 0 Å². The summed E-state index contributed by atoms with van der Waals surface area (Å²) in [6.07, 6.45) is 1.48. The Morgan fingerprint density at radius 2 is 2.04 bits per heavy atom. The Kier molecular flexibility index (Phi) is 3.89. The van der Waals surface area contributed by atoms with Crippen LogP contribution in [0.25, 0.3) is 0 Å². The van der Waals surface area contributed by atoms with Crippen LogP contribution in [-0.4, -0.2) is 30.7 Å². The lowest BCUT2D eigenvalue weighted by Gasteiger charge is -2.17. The van der Waals surface area contributed by atoms with E-state index in [0.29, 0.717) is 19.1 Å². The molecule has 0 bridgehead atoms. The van der Waals surface area contributed by atoms with E-state index in [-0.39, 0.29) is 5.91 Å². The van der Waals surface area contributed by atoms with Gasteiger partial charge in [0.05, 0.1) is 6.42 Å². The Hall–Kier alpha value is -2.49. The van der Waals surface area contributed by atoms with E-state index < -0.39 is 0 Å². The SMILES string of the molecule is Cc1cccc(CC(=O)N2CC[C@H](c3ccc4c(c3)OCO4)C2)c1. The zero-order valence-corrected chi connectivity index (χ0v) is 13.8. The lowest BCUT2D eigenvalue weighted by Crippen LogP contribution is -2.29. The topological polar surface area (TPSA) is 38.8 Å². The number of hydrogen-bond acceptors (Lipinski definition) is 3. The van der Waals surface area contributed by atoms with Crippen molar-refractivity contribution in [3.8, 4) is 11.5 Å². The number of amides is 1. The summed E-state index contributed by atoms with van der Waals surface area (Å²) < 4.78 is 10.8. The fourth-order valence-corrected chi connectivity index (χ4v) is 3.53. The number of fused-ring (bicyclic) bond motifs is 1. The van der Waals surface area contributed by atoms with Crippen LogP contribution in [-0.2, 0) is 11.2 Å². The average Bonchev–Trinajstić information content (AvgIpc) is 3.23. The fraction of sp³-hybridized carbons (Fsp3) is 0.350. The third kappa shape index (κ3) is 2.96. The third-order valence-corrected chi connectivity index (χ3v) is 4.85. The van der Waals surface area contributed by atoms with E-state index in [0.717, 1.165) is 36.6 Å². The van der Waals surface area contributed by atoms with Gasteiger partial charge in [0.1, 0.15) is 0 Å². The van der Waals surface area contributed by atoms with Crippen molar-refractivity contribution in [3.63, 3.8) is 0 Å². The summed E-state index contributed by atoms with van der Waals surface area (Å²) in [5.41, 5.74) is 3.51. The lowest BCUT2D eigenvalue weighted by molar-refractivity contribution is -0.129. The number of carbonyl (C=O) groups is 1. The predicted molar refractivity (Wildman–Crippen MR) is 91.4 cm³/mol. The Morgan fingerprint density at radius 1 is 1.17 bits per heavy atom. The molecule has 0 spiro atoms. The van der Waals surface area contributed by atoms with E-state index in [1.807, 2.05) is 23.1 Å². The van der Waals surface area contributed by atoms with Crippen molar-refractivity contribution in [2.75, 3.05) is 19.9 Å². The molecule has 2 aromatic carbocycles. The highest BCUT2D eigenvalue weighted by Gasteiger charge is 2.28. The molecule has 2 aromatic rings. The van der Waals surface area contributed by atoms with Gasteiger partial charge in [-0.15, -0.1) is 0 Å². The smallest absolute Gasteiger partial charge is 0.231 e. The second kappa shape index (κ2) is 6.19. The second-order valence-corrected chi connectivity index (χ2v) is 6.60. The van der Waals surface area contributed by atoms with Gasteiger partial charge in [0.2, 0.25) is 12.7 Å². The Bertz CT molecular complexity index is 771. The van der Waals surface area contributed by atoms with Crippen LogP contribution < -0.4 is 9.47 Å². The van der Waals surface area contributed by atoms with Gasteiger partial charge in [-0.3, -0.25) is 4.79 Å². The summed E-state index contributed by atoms with van der Waals surface area (Å²) in [6.45, 7) is 3.96. The molecule has 0 unspecified atom stereocenters. The van der Waals surface area contributed by atoms with Gasteiger partial charge >= 0.3 is 0 Å². The molecule has 4 heteroatoms. The summed E-state index contributed by atoms with van der Waals surface area (Å²) in [7, 11) is 0. The zero-order valence-electron chi connectivity index (χ0n) is 13.8. The van der Waals surface area contributed by atoms with Crippen molar-refractivity contribution in [1.29, 1.82) is 0 Å². The van der Waals surface area contributed by atoms with E-state index in [2.05, 4.69) is 31.2 Å². The van der Waals surface area contributed by atoms with Gasteiger partial charge in [-0.1, -0.05) is 35.9 Å². The van der Waals surface area contributed by atoms with Gasteiger partial charge in [-0.05, 0) is 36.6 Å². The van der Waals surface area contributed by atoms with Crippen LogP contribution >= 0.6 is 0 Å². The van der Waals surface area contributed by atoms with Crippen molar-refractivity contribution >= 4 is 5.91 Å². The van der Waals surface area contributed by atoms with Crippen LogP contribution in [0.5, 0.6) is 11.5 Å². The molecule has 0 saturated carbocycles. The monoisotopic (exact) mass is 323 g/mol. The number of aryl methyl sites for hydroxylation is 1. The van der Waals surface area contributed by atoms with Gasteiger partial charge in [0.25, 0.3) is 0 Å². The maximum absolute atomic E-state index is 12.6. The van der Waals surface area contributed by atoms with Gasteiger partial charge in [0.15, 0.2) is 11.5 Å². The van der Waals surface area contributed by atoms with Crippen molar-refractivity contribution in [2.45, 2.75) is 25.7 Å². The molecule has 1 atom stereocenters. The summed E-state index contributed by atoms with van der Waals surface area (Å²) in [4.78, 5) is 14.6. The highest BCUT2D eigenvalue weighted by atomic mass is 16.7. The number of ether oxygens (including phenoxy) is 2. The number of carbonyl (C=O) groups excluding carboxylic acids is 1. The molecule has 0 aliphatic carbocycles. The maximum atomic E-state index is 12.6. The fourth-order valence-electron chi connectivity index (χ4n) is 3.53. The van der Waals surface area contributed by atoms with Crippen LogP contribution in [0.15, 0.2) is 42.5 Å². The number of nitrogens with zero attached hydrogens (tertiary/aromatic N) is 1. The van der Waals surface area contributed by atoms with Crippen LogP contribution in [0.4, 0.5) is 0 Å². The van der Waals surface area contributed by atoms with Gasteiger partial charge in [0, 0.05) is 19.0 Å². The first kappa shape index (κ1) is 15.1. The van der Waals surface area contributed by atoms with Gasteiger partial charge in [-0.2, -0.15) is 0 Å². The van der Waals surface area contributed by atoms with Crippen LogP contribution in [0.2, 0.25) is 0 Å². The van der Waals surface area contributed by atoms with Crippen molar-refractivity contribution in [2.24, 2.45) is 0 Å². The Morgan fingerprint density at radius 3 is 2.92 bits per heavy atom. The molecular weight excluding hydrogens is 302 g/mol. The average molecular weight is 323 g/mol. The molecule has 0 N–H and O–H groups in total. The Labute approximate surface area is 142 Å². The molecular formula is C20H21NO3. The third-order valence-electron chi connectivity index (χ3n) is 4.85. The number of likely N-dealkylation sites (tertiary alicyclic amines) is 1. The summed E-state index contributed by atoms with van der Waals surface area (Å²) in [6, 6.07) is 14.3. The molecule has 1 amide bonds. The number of hydrogen-bond donors (Lipinski definition) is 0. The first-order valence-electron chi connectivity index (χ1n) is 8.42. The highest BCUT2D eigenvalue weighted by Crippen LogP contribution is 2.37. The summed E-state index contributed by atoms with van der Waals surface area (Å²) in [5.74, 6) is 2.21. The quantitative estimate of drug-likeness (QED) is 0.870. The minimum absolute atomic E-state index is 0.212. The molecule has 24 heavy (non-hydrogen) atoms. The molecule has 0 aromatic heterocycles. The van der Waals surface area contributed by atoms with E-state index in [1.165, 1.54) is 11.1 Å². The molecule has 2 heterocycles. The minimum atomic E-state index is 0.212. The van der Waals surface area contributed by atoms with E-state index in [1.54, 1.807) is 0 Å². The molecule has 1 saturated heterocycles. The summed E-state index contributed by atoms with van der Waals surface area (Å²) >= 11 is 0. The largest absolute Gasteiger partial charge is 0.454 e. The zero-order chi connectivity index (χ0) is 16.5. The van der Waals surface area contributed by atoms with E-state index >= 15 is 0 Å². The van der Waals surface area contributed by atoms with Crippen molar-refractivity contribution < 1.29 is 14.3 Å². The maximum Gasteiger partial charge on any atom is 0.231 e. The molecule has 1 fully saturated rings. The standard InChI is InChI=1S/C20H21NO3/c1-14-3-2-4-15(9-14)10-20(22)21-8-7-17(12-21)16-5-6-18-19(11-16)24-13-23-18/h2-6,9,11,17H,7-8,10,12-13H2,1H3/t17-/m0/s1. The molecule has 2 aliphatic heterocycles.